The molecule has 0 saturated heterocycles. The first-order valence-corrected chi connectivity index (χ1v) is 7.09. The summed E-state index contributed by atoms with van der Waals surface area (Å²) in [7, 11) is 2.02. The number of nitrogens with zero attached hydrogens (tertiary/aromatic N) is 4. The highest BCUT2D eigenvalue weighted by Crippen LogP contribution is 2.36. The highest BCUT2D eigenvalue weighted by atomic mass is 15.1. The summed E-state index contributed by atoms with van der Waals surface area (Å²) in [6.07, 6.45) is 9.10. The molecule has 106 valence electrons. The minimum Gasteiger partial charge on any atom is -0.348 e. The number of benzene rings is 2. The van der Waals surface area contributed by atoms with Crippen molar-refractivity contribution in [3.05, 3.63) is 66.9 Å². The van der Waals surface area contributed by atoms with Gasteiger partial charge in [0.1, 0.15) is 6.33 Å². The van der Waals surface area contributed by atoms with Crippen molar-refractivity contribution in [3.8, 4) is 11.1 Å². The molecule has 4 rings (SSSR count). The molecule has 1 aromatic heterocycles. The van der Waals surface area contributed by atoms with Crippen molar-refractivity contribution >= 4 is 22.8 Å². The minimum absolute atomic E-state index is 0.933. The zero-order chi connectivity index (χ0) is 14.9. The predicted molar refractivity (Wildman–Crippen MR) is 90.1 cm³/mol. The van der Waals surface area contributed by atoms with Gasteiger partial charge < -0.3 is 4.90 Å². The first-order valence-electron chi connectivity index (χ1n) is 7.09. The number of aliphatic imine (C=N–C) groups is 1. The second kappa shape index (κ2) is 5.07. The SMILES string of the molecule is CN1C=CN=Cc2c(-c3ccccc3)cc3ncncc3c21. The third-order valence-electron chi connectivity index (χ3n) is 3.84. The molecule has 0 bridgehead atoms. The fraction of sp³-hybridized carbons (Fsp3) is 0.0556. The van der Waals surface area contributed by atoms with Crippen LogP contribution in [0.15, 0.2) is 66.3 Å². The Morgan fingerprint density at radius 2 is 1.95 bits per heavy atom. The standard InChI is InChI=1S/C18H14N4/c1-22-8-7-19-10-15-14(13-5-3-2-4-6-13)9-17-16(18(15)22)11-20-12-21-17/h2-12H,1H3. The maximum Gasteiger partial charge on any atom is 0.116 e. The number of anilines is 1. The fourth-order valence-electron chi connectivity index (χ4n) is 2.82. The third-order valence-corrected chi connectivity index (χ3v) is 3.84. The van der Waals surface area contributed by atoms with Gasteiger partial charge >= 0.3 is 0 Å². The quantitative estimate of drug-likeness (QED) is 0.686. The van der Waals surface area contributed by atoms with Crippen LogP contribution >= 0.6 is 0 Å². The lowest BCUT2D eigenvalue weighted by Crippen LogP contribution is -2.11. The molecule has 0 spiro atoms. The van der Waals surface area contributed by atoms with Crippen molar-refractivity contribution in [1.82, 2.24) is 9.97 Å². The van der Waals surface area contributed by atoms with Gasteiger partial charge in [0.05, 0.1) is 11.2 Å². The summed E-state index contributed by atoms with van der Waals surface area (Å²) < 4.78 is 0. The molecule has 1 aliphatic rings. The summed E-state index contributed by atoms with van der Waals surface area (Å²) in [5, 5.41) is 1.03. The van der Waals surface area contributed by atoms with E-state index in [-0.39, 0.29) is 0 Å². The van der Waals surface area contributed by atoms with Gasteiger partial charge in [-0.05, 0) is 17.2 Å². The number of hydrogen-bond donors (Lipinski definition) is 0. The van der Waals surface area contributed by atoms with Crippen LogP contribution in [-0.4, -0.2) is 23.2 Å². The molecule has 0 radical (unpaired) electrons. The third kappa shape index (κ3) is 1.97. The Hall–Kier alpha value is -3.01. The zero-order valence-corrected chi connectivity index (χ0v) is 12.1. The average Bonchev–Trinajstić information content (AvgIpc) is 2.77. The van der Waals surface area contributed by atoms with E-state index in [1.165, 1.54) is 0 Å². The van der Waals surface area contributed by atoms with Crippen molar-refractivity contribution < 1.29 is 0 Å². The smallest absolute Gasteiger partial charge is 0.116 e. The van der Waals surface area contributed by atoms with Crippen LogP contribution in [0.5, 0.6) is 0 Å². The van der Waals surface area contributed by atoms with E-state index in [9.17, 15) is 0 Å². The zero-order valence-electron chi connectivity index (χ0n) is 12.1. The highest BCUT2D eigenvalue weighted by Gasteiger charge is 2.17. The number of rotatable bonds is 1. The van der Waals surface area contributed by atoms with Crippen LogP contribution in [0.25, 0.3) is 22.0 Å². The Morgan fingerprint density at radius 1 is 1.09 bits per heavy atom. The van der Waals surface area contributed by atoms with E-state index in [4.69, 9.17) is 0 Å². The lowest BCUT2D eigenvalue weighted by molar-refractivity contribution is 1.18. The normalized spacial score (nSPS) is 13.2. The Morgan fingerprint density at radius 3 is 2.82 bits per heavy atom. The summed E-state index contributed by atoms with van der Waals surface area (Å²) in [6.45, 7) is 0. The minimum atomic E-state index is 0.933. The molecule has 3 aromatic rings. The summed E-state index contributed by atoms with van der Waals surface area (Å²) in [5.74, 6) is 0. The Labute approximate surface area is 128 Å². The first kappa shape index (κ1) is 12.7. The second-order valence-corrected chi connectivity index (χ2v) is 5.20. The molecule has 2 aromatic carbocycles. The van der Waals surface area contributed by atoms with Gasteiger partial charge in [0.15, 0.2) is 0 Å². The lowest BCUT2D eigenvalue weighted by atomic mass is 9.96. The van der Waals surface area contributed by atoms with Crippen LogP contribution in [0.2, 0.25) is 0 Å². The number of aromatic nitrogens is 2. The van der Waals surface area contributed by atoms with Crippen molar-refractivity contribution in [2.24, 2.45) is 4.99 Å². The maximum atomic E-state index is 4.43. The number of fused-ring (bicyclic) bond motifs is 3. The molecule has 0 aliphatic carbocycles. The molecule has 0 unspecified atom stereocenters. The van der Waals surface area contributed by atoms with Gasteiger partial charge in [0, 0.05) is 42.8 Å². The molecule has 0 fully saturated rings. The van der Waals surface area contributed by atoms with Gasteiger partial charge in [-0.3, -0.25) is 4.99 Å². The predicted octanol–water partition coefficient (Wildman–Crippen LogP) is 3.64. The van der Waals surface area contributed by atoms with Crippen LogP contribution in [0.3, 0.4) is 0 Å². The van der Waals surface area contributed by atoms with E-state index in [2.05, 4.69) is 38.1 Å². The maximum absolute atomic E-state index is 4.43. The number of hydrogen-bond acceptors (Lipinski definition) is 4. The van der Waals surface area contributed by atoms with Crippen LogP contribution in [0.1, 0.15) is 5.56 Å². The largest absolute Gasteiger partial charge is 0.348 e. The van der Waals surface area contributed by atoms with E-state index in [0.29, 0.717) is 0 Å². The molecule has 4 heteroatoms. The second-order valence-electron chi connectivity index (χ2n) is 5.20. The average molecular weight is 286 g/mol. The molecule has 0 saturated carbocycles. The molecule has 2 heterocycles. The van der Waals surface area contributed by atoms with Crippen LogP contribution in [0.4, 0.5) is 5.69 Å². The van der Waals surface area contributed by atoms with Gasteiger partial charge in [-0.15, -0.1) is 0 Å². The van der Waals surface area contributed by atoms with Crippen molar-refractivity contribution in [1.29, 1.82) is 0 Å². The van der Waals surface area contributed by atoms with Crippen LogP contribution in [-0.2, 0) is 0 Å². The Bertz CT molecular complexity index is 898. The van der Waals surface area contributed by atoms with Crippen molar-refractivity contribution in [2.75, 3.05) is 11.9 Å². The molecule has 1 aliphatic heterocycles. The van der Waals surface area contributed by atoms with Gasteiger partial charge in [-0.25, -0.2) is 9.97 Å². The van der Waals surface area contributed by atoms with Gasteiger partial charge in [-0.2, -0.15) is 0 Å². The van der Waals surface area contributed by atoms with E-state index < -0.39 is 0 Å². The molecule has 0 amide bonds. The van der Waals surface area contributed by atoms with E-state index in [1.54, 1.807) is 12.5 Å². The fourth-order valence-corrected chi connectivity index (χ4v) is 2.82. The van der Waals surface area contributed by atoms with Crippen molar-refractivity contribution in [3.63, 3.8) is 0 Å². The molecule has 22 heavy (non-hydrogen) atoms. The van der Waals surface area contributed by atoms with Crippen LogP contribution in [0, 0.1) is 0 Å². The van der Waals surface area contributed by atoms with E-state index >= 15 is 0 Å². The first-order chi connectivity index (χ1) is 10.8. The van der Waals surface area contributed by atoms with Crippen molar-refractivity contribution in [2.45, 2.75) is 0 Å². The summed E-state index contributed by atoms with van der Waals surface area (Å²) in [4.78, 5) is 15.1. The summed E-state index contributed by atoms with van der Waals surface area (Å²) in [5.41, 5.74) is 5.38. The van der Waals surface area contributed by atoms with E-state index in [1.807, 2.05) is 43.9 Å². The molecular formula is C18H14N4. The molecule has 0 N–H and O–H groups in total. The summed E-state index contributed by atoms with van der Waals surface area (Å²) in [6, 6.07) is 12.4. The lowest BCUT2D eigenvalue weighted by Gasteiger charge is -2.20. The summed E-state index contributed by atoms with van der Waals surface area (Å²) >= 11 is 0. The highest BCUT2D eigenvalue weighted by molar-refractivity contribution is 6.08. The van der Waals surface area contributed by atoms with Crippen LogP contribution < -0.4 is 4.90 Å². The Kier molecular flexibility index (Phi) is 2.93. The monoisotopic (exact) mass is 286 g/mol. The van der Waals surface area contributed by atoms with Gasteiger partial charge in [-0.1, -0.05) is 30.3 Å². The van der Waals surface area contributed by atoms with Gasteiger partial charge in [0.2, 0.25) is 0 Å². The van der Waals surface area contributed by atoms with E-state index in [0.717, 1.165) is 33.3 Å². The molecule has 0 atom stereocenters. The molecular weight excluding hydrogens is 272 g/mol. The topological polar surface area (TPSA) is 41.4 Å². The molecule has 4 nitrogen and oxygen atoms in total. The Balaban J connectivity index is 2.13. The van der Waals surface area contributed by atoms with Gasteiger partial charge in [0.25, 0.3) is 0 Å².